The highest BCUT2D eigenvalue weighted by molar-refractivity contribution is 9.10. The van der Waals surface area contributed by atoms with E-state index >= 15 is 0 Å². The number of nitrogens with one attached hydrogen (secondary N) is 1. The zero-order valence-corrected chi connectivity index (χ0v) is 19.1. The van der Waals surface area contributed by atoms with Crippen LogP contribution in [0.25, 0.3) is 26.9 Å². The molecule has 1 amide bonds. The summed E-state index contributed by atoms with van der Waals surface area (Å²) >= 11 is 5.14. The molecule has 150 valence electrons. The molecule has 4 rings (SSSR count). The third-order valence-electron chi connectivity index (χ3n) is 4.79. The topological polar surface area (TPSA) is 42.0 Å². The van der Waals surface area contributed by atoms with Crippen molar-refractivity contribution < 1.29 is 4.79 Å². The number of rotatable bonds is 5. The predicted octanol–water partition coefficient (Wildman–Crippen LogP) is 7.50. The highest BCUT2D eigenvalue weighted by Crippen LogP contribution is 2.36. The Morgan fingerprint density at radius 1 is 1.07 bits per heavy atom. The van der Waals surface area contributed by atoms with Gasteiger partial charge in [-0.3, -0.25) is 4.79 Å². The summed E-state index contributed by atoms with van der Waals surface area (Å²) in [4.78, 5) is 17.3. The lowest BCUT2D eigenvalue weighted by Gasteiger charge is -2.09. The minimum absolute atomic E-state index is 0.174. The van der Waals surface area contributed by atoms with Gasteiger partial charge in [0.15, 0.2) is 0 Å². The maximum absolute atomic E-state index is 12.6. The maximum atomic E-state index is 12.6. The average Bonchev–Trinajstić information content (AvgIpc) is 3.18. The van der Waals surface area contributed by atoms with E-state index in [1.54, 1.807) is 17.4 Å². The monoisotopic (exact) mass is 476 g/mol. The summed E-state index contributed by atoms with van der Waals surface area (Å²) in [6.07, 6.45) is 3.39. The summed E-state index contributed by atoms with van der Waals surface area (Å²) in [6.45, 7) is 4.33. The second-order valence-electron chi connectivity index (χ2n) is 7.32. The van der Waals surface area contributed by atoms with E-state index in [9.17, 15) is 4.79 Å². The summed E-state index contributed by atoms with van der Waals surface area (Å²) in [5.74, 6) is 0.317. The number of halogens is 1. The Morgan fingerprint density at radius 3 is 2.57 bits per heavy atom. The molecular weight excluding hydrogens is 456 g/mol. The van der Waals surface area contributed by atoms with Crippen molar-refractivity contribution in [1.82, 2.24) is 4.98 Å². The largest absolute Gasteiger partial charge is 0.322 e. The number of carbonyl (C=O) groups is 1. The van der Waals surface area contributed by atoms with E-state index in [1.807, 2.05) is 54.6 Å². The van der Waals surface area contributed by atoms with E-state index < -0.39 is 0 Å². The Balaban J connectivity index is 1.56. The van der Waals surface area contributed by atoms with Gasteiger partial charge in [0, 0.05) is 16.1 Å². The molecule has 0 atom stereocenters. The number of nitrogens with zero attached hydrogens (tertiary/aromatic N) is 1. The predicted molar refractivity (Wildman–Crippen MR) is 131 cm³/mol. The van der Waals surface area contributed by atoms with Crippen molar-refractivity contribution in [2.45, 2.75) is 19.8 Å². The number of benzene rings is 3. The fourth-order valence-corrected chi connectivity index (χ4v) is 4.49. The summed E-state index contributed by atoms with van der Waals surface area (Å²) in [5, 5.41) is 3.88. The molecular formula is C25H21BrN2OS. The van der Waals surface area contributed by atoms with Crippen molar-refractivity contribution in [2.75, 3.05) is 5.32 Å². The van der Waals surface area contributed by atoms with Gasteiger partial charge < -0.3 is 5.32 Å². The van der Waals surface area contributed by atoms with Crippen LogP contribution in [0.5, 0.6) is 0 Å². The molecule has 0 unspecified atom stereocenters. The van der Waals surface area contributed by atoms with Crippen LogP contribution in [0.2, 0.25) is 0 Å². The smallest absolute Gasteiger partial charge is 0.248 e. The molecule has 0 saturated carbocycles. The van der Waals surface area contributed by atoms with E-state index in [1.165, 1.54) is 5.56 Å². The highest BCUT2D eigenvalue weighted by atomic mass is 79.9. The first kappa shape index (κ1) is 20.5. The molecule has 1 aromatic heterocycles. The van der Waals surface area contributed by atoms with Gasteiger partial charge in [0.1, 0.15) is 5.01 Å². The van der Waals surface area contributed by atoms with E-state index in [0.29, 0.717) is 5.92 Å². The van der Waals surface area contributed by atoms with E-state index in [2.05, 4.69) is 53.3 Å². The van der Waals surface area contributed by atoms with Crippen LogP contribution >= 0.6 is 27.3 Å². The van der Waals surface area contributed by atoms with Crippen LogP contribution in [-0.4, -0.2) is 10.9 Å². The molecule has 1 heterocycles. The summed E-state index contributed by atoms with van der Waals surface area (Å²) < 4.78 is 2.06. The molecule has 0 aliphatic heterocycles. The van der Waals surface area contributed by atoms with Crippen LogP contribution in [-0.2, 0) is 4.79 Å². The molecule has 30 heavy (non-hydrogen) atoms. The SMILES string of the molecule is CC(C)c1ccc(C=CC(=O)Nc2ccc(Br)cc2-c2nc3ccccc3s2)cc1. The lowest BCUT2D eigenvalue weighted by molar-refractivity contribution is -0.111. The molecule has 0 saturated heterocycles. The fraction of sp³-hybridized carbons (Fsp3) is 0.120. The van der Waals surface area contributed by atoms with E-state index in [0.717, 1.165) is 36.5 Å². The third-order valence-corrected chi connectivity index (χ3v) is 6.36. The van der Waals surface area contributed by atoms with Crippen LogP contribution in [0.3, 0.4) is 0 Å². The quantitative estimate of drug-likeness (QED) is 0.303. The van der Waals surface area contributed by atoms with Gasteiger partial charge in [-0.2, -0.15) is 0 Å². The Bertz CT molecular complexity index is 1190. The summed E-state index contributed by atoms with van der Waals surface area (Å²) in [6, 6.07) is 22.1. The Morgan fingerprint density at radius 2 is 1.83 bits per heavy atom. The molecule has 0 fully saturated rings. The normalized spacial score (nSPS) is 11.5. The number of hydrogen-bond donors (Lipinski definition) is 1. The van der Waals surface area contributed by atoms with Gasteiger partial charge >= 0.3 is 0 Å². The fourth-order valence-electron chi connectivity index (χ4n) is 3.13. The Hall–Kier alpha value is -2.76. The average molecular weight is 477 g/mol. The van der Waals surface area contributed by atoms with Crippen molar-refractivity contribution in [3.8, 4) is 10.6 Å². The number of carbonyl (C=O) groups excluding carboxylic acids is 1. The van der Waals surface area contributed by atoms with Crippen LogP contribution in [0.4, 0.5) is 5.69 Å². The molecule has 0 radical (unpaired) electrons. The number of hydrogen-bond acceptors (Lipinski definition) is 3. The first-order valence-electron chi connectivity index (χ1n) is 9.74. The number of aromatic nitrogens is 1. The lowest BCUT2D eigenvalue weighted by Crippen LogP contribution is -2.08. The Kier molecular flexibility index (Phi) is 6.11. The lowest BCUT2D eigenvalue weighted by atomic mass is 10.0. The Labute approximate surface area is 188 Å². The van der Waals surface area contributed by atoms with Gasteiger partial charge in [0.25, 0.3) is 0 Å². The van der Waals surface area contributed by atoms with Crippen molar-refractivity contribution in [1.29, 1.82) is 0 Å². The molecule has 0 spiro atoms. The minimum Gasteiger partial charge on any atom is -0.322 e. The van der Waals surface area contributed by atoms with Crippen LogP contribution < -0.4 is 5.32 Å². The zero-order valence-electron chi connectivity index (χ0n) is 16.7. The van der Waals surface area contributed by atoms with Crippen LogP contribution in [0.1, 0.15) is 30.9 Å². The van der Waals surface area contributed by atoms with Gasteiger partial charge in [-0.05, 0) is 53.5 Å². The highest BCUT2D eigenvalue weighted by Gasteiger charge is 2.12. The van der Waals surface area contributed by atoms with E-state index in [4.69, 9.17) is 4.98 Å². The number of anilines is 1. The maximum Gasteiger partial charge on any atom is 0.248 e. The number of thiazole rings is 1. The van der Waals surface area contributed by atoms with Crippen molar-refractivity contribution >= 4 is 55.2 Å². The zero-order chi connectivity index (χ0) is 21.1. The number of amides is 1. The first-order chi connectivity index (χ1) is 14.5. The molecule has 3 nitrogen and oxygen atoms in total. The second-order valence-corrected chi connectivity index (χ2v) is 9.27. The van der Waals surface area contributed by atoms with E-state index in [-0.39, 0.29) is 5.91 Å². The van der Waals surface area contributed by atoms with Crippen molar-refractivity contribution in [3.05, 3.63) is 88.4 Å². The van der Waals surface area contributed by atoms with Crippen molar-refractivity contribution in [2.24, 2.45) is 0 Å². The van der Waals surface area contributed by atoms with Crippen molar-refractivity contribution in [3.63, 3.8) is 0 Å². The summed E-state index contributed by atoms with van der Waals surface area (Å²) in [5.41, 5.74) is 4.87. The van der Waals surface area contributed by atoms with Crippen LogP contribution in [0, 0.1) is 0 Å². The van der Waals surface area contributed by atoms with Crippen LogP contribution in [0.15, 0.2) is 77.3 Å². The molecule has 5 heteroatoms. The number of para-hydroxylation sites is 1. The molecule has 0 aliphatic carbocycles. The molecule has 4 aromatic rings. The number of fused-ring (bicyclic) bond motifs is 1. The van der Waals surface area contributed by atoms with Gasteiger partial charge in [-0.1, -0.05) is 66.2 Å². The summed E-state index contributed by atoms with van der Waals surface area (Å²) in [7, 11) is 0. The first-order valence-corrected chi connectivity index (χ1v) is 11.3. The molecule has 0 aliphatic rings. The second kappa shape index (κ2) is 8.94. The van der Waals surface area contributed by atoms with Gasteiger partial charge in [0.2, 0.25) is 5.91 Å². The molecule has 1 N–H and O–H groups in total. The van der Waals surface area contributed by atoms with Gasteiger partial charge in [-0.25, -0.2) is 4.98 Å². The molecule has 3 aromatic carbocycles. The minimum atomic E-state index is -0.174. The third kappa shape index (κ3) is 4.69. The standard InChI is InChI=1S/C25H21BrN2OS/c1-16(2)18-10-7-17(8-11-18)9-14-24(29)27-21-13-12-19(26)15-20(21)25-28-22-5-3-4-6-23(22)30-25/h3-16H,1-2H3,(H,27,29). The van der Waals surface area contributed by atoms with Gasteiger partial charge in [0.05, 0.1) is 15.9 Å². The van der Waals surface area contributed by atoms with Gasteiger partial charge in [-0.15, -0.1) is 11.3 Å². The molecule has 0 bridgehead atoms.